The third kappa shape index (κ3) is 4.88. The number of carboxylic acids is 1. The Bertz CT molecular complexity index is 357. The first kappa shape index (κ1) is 14.7. The van der Waals surface area contributed by atoms with Crippen molar-refractivity contribution in [3.05, 3.63) is 35.4 Å². The minimum atomic E-state index is -0.896. The van der Waals surface area contributed by atoms with Crippen LogP contribution >= 0.6 is 0 Å². The van der Waals surface area contributed by atoms with Crippen LogP contribution in [0.2, 0.25) is 0 Å². The molecule has 3 heteroatoms. The fourth-order valence-electron chi connectivity index (χ4n) is 1.86. The van der Waals surface area contributed by atoms with Crippen molar-refractivity contribution in [2.45, 2.75) is 45.6 Å². The molecule has 3 nitrogen and oxygen atoms in total. The summed E-state index contributed by atoms with van der Waals surface area (Å²) >= 11 is 0. The second kappa shape index (κ2) is 7.88. The molecule has 0 saturated heterocycles. The first-order chi connectivity index (χ1) is 8.67. The lowest BCUT2D eigenvalue weighted by atomic mass is 10.0. The molecule has 0 aliphatic rings. The summed E-state index contributed by atoms with van der Waals surface area (Å²) < 4.78 is 5.20. The largest absolute Gasteiger partial charge is 0.479 e. The predicted octanol–water partition coefficient (Wildman–Crippen LogP) is 3.06. The summed E-state index contributed by atoms with van der Waals surface area (Å²) in [6.45, 7) is 4.41. The smallest absolute Gasteiger partial charge is 0.333 e. The van der Waals surface area contributed by atoms with Crippen LogP contribution in [0.15, 0.2) is 24.3 Å². The van der Waals surface area contributed by atoms with Crippen molar-refractivity contribution in [3.8, 4) is 0 Å². The molecule has 1 aromatic rings. The highest BCUT2D eigenvalue weighted by molar-refractivity contribution is 5.72. The lowest BCUT2D eigenvalue weighted by molar-refractivity contribution is -0.149. The van der Waals surface area contributed by atoms with E-state index in [1.165, 1.54) is 18.4 Å². The Hall–Kier alpha value is -1.35. The van der Waals surface area contributed by atoms with Crippen molar-refractivity contribution in [1.82, 2.24) is 0 Å². The van der Waals surface area contributed by atoms with Gasteiger partial charge >= 0.3 is 5.97 Å². The summed E-state index contributed by atoms with van der Waals surface area (Å²) in [5.41, 5.74) is 2.32. The minimum absolute atomic E-state index is 0.422. The Morgan fingerprint density at radius 1 is 1.22 bits per heavy atom. The van der Waals surface area contributed by atoms with E-state index in [2.05, 4.69) is 19.1 Å². The van der Waals surface area contributed by atoms with E-state index in [-0.39, 0.29) is 0 Å². The lowest BCUT2D eigenvalue weighted by Crippen LogP contribution is -2.26. The van der Waals surface area contributed by atoms with Crippen LogP contribution in [0.25, 0.3) is 0 Å². The van der Waals surface area contributed by atoms with Crippen LogP contribution < -0.4 is 0 Å². The van der Waals surface area contributed by atoms with Gasteiger partial charge in [0.05, 0.1) is 0 Å². The van der Waals surface area contributed by atoms with Crippen LogP contribution in [0.4, 0.5) is 0 Å². The highest BCUT2D eigenvalue weighted by atomic mass is 16.5. The van der Waals surface area contributed by atoms with Crippen molar-refractivity contribution in [2.24, 2.45) is 0 Å². The zero-order chi connectivity index (χ0) is 13.4. The molecule has 0 heterocycles. The van der Waals surface area contributed by atoms with Gasteiger partial charge in [-0.3, -0.25) is 0 Å². The van der Waals surface area contributed by atoms with Gasteiger partial charge in [0.1, 0.15) is 0 Å². The summed E-state index contributed by atoms with van der Waals surface area (Å²) in [7, 11) is 0. The Morgan fingerprint density at radius 2 is 1.83 bits per heavy atom. The van der Waals surface area contributed by atoms with Gasteiger partial charge in [0.15, 0.2) is 6.10 Å². The minimum Gasteiger partial charge on any atom is -0.479 e. The van der Waals surface area contributed by atoms with Gasteiger partial charge in [0.2, 0.25) is 0 Å². The molecule has 1 atom stereocenters. The molecular weight excluding hydrogens is 228 g/mol. The van der Waals surface area contributed by atoms with Crippen LogP contribution in [-0.2, 0) is 22.4 Å². The fraction of sp³-hybridized carbons (Fsp3) is 0.533. The van der Waals surface area contributed by atoms with Crippen LogP contribution in [0.3, 0.4) is 0 Å². The maximum Gasteiger partial charge on any atom is 0.333 e. The highest BCUT2D eigenvalue weighted by Gasteiger charge is 2.17. The monoisotopic (exact) mass is 250 g/mol. The second-order valence-electron chi connectivity index (χ2n) is 4.41. The molecule has 1 N–H and O–H groups in total. The SMILES string of the molecule is CCCCc1ccc(C[C@H](OCC)C(=O)O)cc1. The molecule has 18 heavy (non-hydrogen) atoms. The number of hydrogen-bond acceptors (Lipinski definition) is 2. The zero-order valence-corrected chi connectivity index (χ0v) is 11.2. The summed E-state index contributed by atoms with van der Waals surface area (Å²) in [4.78, 5) is 11.0. The molecule has 0 saturated carbocycles. The molecule has 0 unspecified atom stereocenters. The summed E-state index contributed by atoms with van der Waals surface area (Å²) in [5.74, 6) is -0.896. The Morgan fingerprint density at radius 3 is 2.33 bits per heavy atom. The topological polar surface area (TPSA) is 46.5 Å². The van der Waals surface area contributed by atoms with Crippen LogP contribution in [0.1, 0.15) is 37.8 Å². The van der Waals surface area contributed by atoms with E-state index >= 15 is 0 Å². The van der Waals surface area contributed by atoms with E-state index in [0.717, 1.165) is 12.0 Å². The van der Waals surface area contributed by atoms with Gasteiger partial charge in [-0.1, -0.05) is 37.6 Å². The van der Waals surface area contributed by atoms with Gasteiger partial charge in [0.25, 0.3) is 0 Å². The van der Waals surface area contributed by atoms with Crippen molar-refractivity contribution in [1.29, 1.82) is 0 Å². The predicted molar refractivity (Wildman–Crippen MR) is 71.8 cm³/mol. The van der Waals surface area contributed by atoms with Crippen LogP contribution in [0.5, 0.6) is 0 Å². The van der Waals surface area contributed by atoms with E-state index in [4.69, 9.17) is 9.84 Å². The quantitative estimate of drug-likeness (QED) is 0.771. The maximum atomic E-state index is 11.0. The normalized spacial score (nSPS) is 12.3. The molecule has 100 valence electrons. The average molecular weight is 250 g/mol. The Labute approximate surface area is 109 Å². The molecular formula is C15H22O3. The standard InChI is InChI=1S/C15H22O3/c1-3-5-6-12-7-9-13(10-8-12)11-14(15(16)17)18-4-2/h7-10,14H,3-6,11H2,1-2H3,(H,16,17)/t14-/m0/s1. The van der Waals surface area contributed by atoms with Gasteiger partial charge < -0.3 is 9.84 Å². The van der Waals surface area contributed by atoms with E-state index < -0.39 is 12.1 Å². The van der Waals surface area contributed by atoms with E-state index in [0.29, 0.717) is 13.0 Å². The summed E-state index contributed by atoms with van der Waals surface area (Å²) in [6.07, 6.45) is 3.15. The number of ether oxygens (including phenoxy) is 1. The van der Waals surface area contributed by atoms with Crippen molar-refractivity contribution < 1.29 is 14.6 Å². The van der Waals surface area contributed by atoms with Crippen LogP contribution in [-0.4, -0.2) is 23.8 Å². The van der Waals surface area contributed by atoms with Crippen molar-refractivity contribution in [3.63, 3.8) is 0 Å². The number of carbonyl (C=O) groups is 1. The molecule has 0 aliphatic heterocycles. The Kier molecular flexibility index (Phi) is 6.44. The number of benzene rings is 1. The van der Waals surface area contributed by atoms with Gasteiger partial charge in [-0.05, 0) is 30.9 Å². The third-order valence-corrected chi connectivity index (χ3v) is 2.91. The van der Waals surface area contributed by atoms with Gasteiger partial charge in [0, 0.05) is 13.0 Å². The summed E-state index contributed by atoms with van der Waals surface area (Å²) in [6, 6.07) is 8.16. The number of aliphatic carboxylic acids is 1. The number of unbranched alkanes of at least 4 members (excludes halogenated alkanes) is 1. The number of aryl methyl sites for hydroxylation is 1. The maximum absolute atomic E-state index is 11.0. The number of carboxylic acid groups (broad SMARTS) is 1. The first-order valence-corrected chi connectivity index (χ1v) is 6.59. The average Bonchev–Trinajstić information content (AvgIpc) is 2.37. The van der Waals surface area contributed by atoms with Gasteiger partial charge in [-0.15, -0.1) is 0 Å². The van der Waals surface area contributed by atoms with E-state index in [1.807, 2.05) is 19.1 Å². The number of rotatable bonds is 8. The number of hydrogen-bond donors (Lipinski definition) is 1. The molecule has 0 spiro atoms. The van der Waals surface area contributed by atoms with Crippen molar-refractivity contribution >= 4 is 5.97 Å². The second-order valence-corrected chi connectivity index (χ2v) is 4.41. The van der Waals surface area contributed by atoms with Crippen LogP contribution in [0, 0.1) is 0 Å². The van der Waals surface area contributed by atoms with Gasteiger partial charge in [-0.2, -0.15) is 0 Å². The third-order valence-electron chi connectivity index (χ3n) is 2.91. The highest BCUT2D eigenvalue weighted by Crippen LogP contribution is 2.11. The van der Waals surface area contributed by atoms with E-state index in [9.17, 15) is 4.79 Å². The molecule has 0 bridgehead atoms. The molecule has 1 rings (SSSR count). The zero-order valence-electron chi connectivity index (χ0n) is 11.2. The van der Waals surface area contributed by atoms with Gasteiger partial charge in [-0.25, -0.2) is 4.79 Å². The Balaban J connectivity index is 2.58. The fourth-order valence-corrected chi connectivity index (χ4v) is 1.86. The molecule has 0 radical (unpaired) electrons. The van der Waals surface area contributed by atoms with Crippen molar-refractivity contribution in [2.75, 3.05) is 6.61 Å². The first-order valence-electron chi connectivity index (χ1n) is 6.59. The molecule has 0 fully saturated rings. The lowest BCUT2D eigenvalue weighted by Gasteiger charge is -2.12. The molecule has 0 aromatic heterocycles. The molecule has 0 aliphatic carbocycles. The summed E-state index contributed by atoms with van der Waals surface area (Å²) in [5, 5.41) is 9.01. The molecule has 1 aromatic carbocycles. The van der Waals surface area contributed by atoms with E-state index in [1.54, 1.807) is 0 Å². The molecule has 0 amide bonds.